The summed E-state index contributed by atoms with van der Waals surface area (Å²) < 4.78 is 38.5. The highest BCUT2D eigenvalue weighted by Gasteiger charge is 2.43. The van der Waals surface area contributed by atoms with Gasteiger partial charge in [-0.3, -0.25) is 9.69 Å². The number of Topliss-reactive ketones (excluding diaryl/α,β-unsaturated/α-hetero) is 1. The van der Waals surface area contributed by atoms with Crippen molar-refractivity contribution in [2.75, 3.05) is 4.90 Å². The number of nitrogens with zero attached hydrogens (tertiary/aromatic N) is 1. The maximum absolute atomic E-state index is 13.6. The predicted octanol–water partition coefficient (Wildman–Crippen LogP) is 7.27. The average molecular weight is 514 g/mol. The summed E-state index contributed by atoms with van der Waals surface area (Å²) in [5, 5.41) is 0. The number of rotatable bonds is 9. The van der Waals surface area contributed by atoms with E-state index in [1.54, 1.807) is 0 Å². The van der Waals surface area contributed by atoms with Crippen LogP contribution in [-0.2, 0) is 11.3 Å². The van der Waals surface area contributed by atoms with Crippen molar-refractivity contribution < 1.29 is 27.8 Å². The number of hydrogen-bond acceptors (Lipinski definition) is 4. The third kappa shape index (κ3) is 5.72. The van der Waals surface area contributed by atoms with Gasteiger partial charge in [-0.25, -0.2) is 13.6 Å². The van der Waals surface area contributed by atoms with Gasteiger partial charge in [0.1, 0.15) is 36.1 Å². The molecule has 7 heteroatoms. The minimum Gasteiger partial charge on any atom is -0.489 e. The lowest BCUT2D eigenvalue weighted by Gasteiger charge is -2.25. The van der Waals surface area contributed by atoms with Gasteiger partial charge in [0, 0.05) is 17.7 Å². The molecule has 4 aromatic rings. The summed E-state index contributed by atoms with van der Waals surface area (Å²) in [6.07, 6.45) is -0.843. The summed E-state index contributed by atoms with van der Waals surface area (Å²) in [4.78, 5) is 27.2. The third-order valence-electron chi connectivity index (χ3n) is 6.48. The molecule has 1 aliphatic heterocycles. The van der Waals surface area contributed by atoms with Crippen LogP contribution in [0.2, 0.25) is 0 Å². The van der Waals surface area contributed by atoms with E-state index in [0.29, 0.717) is 23.6 Å². The van der Waals surface area contributed by atoms with Gasteiger partial charge < -0.3 is 9.47 Å². The lowest BCUT2D eigenvalue weighted by Crippen LogP contribution is -2.29. The summed E-state index contributed by atoms with van der Waals surface area (Å²) in [6.45, 7) is 0.418. The van der Waals surface area contributed by atoms with Crippen LogP contribution in [0.1, 0.15) is 40.4 Å². The molecule has 1 aliphatic rings. The lowest BCUT2D eigenvalue weighted by atomic mass is 9.95. The zero-order valence-electron chi connectivity index (χ0n) is 20.4. The summed E-state index contributed by atoms with van der Waals surface area (Å²) in [5.41, 5.74) is 2.70. The molecule has 0 aliphatic carbocycles. The predicted molar refractivity (Wildman–Crippen MR) is 139 cm³/mol. The van der Waals surface area contributed by atoms with E-state index in [1.807, 2.05) is 54.6 Å². The van der Waals surface area contributed by atoms with Gasteiger partial charge >= 0.3 is 6.09 Å². The van der Waals surface area contributed by atoms with Crippen molar-refractivity contribution in [2.24, 2.45) is 0 Å². The van der Waals surface area contributed by atoms with E-state index in [1.165, 1.54) is 53.4 Å². The maximum atomic E-state index is 13.6. The molecule has 5 rings (SSSR count). The van der Waals surface area contributed by atoms with Crippen LogP contribution in [0.3, 0.4) is 0 Å². The van der Waals surface area contributed by atoms with Crippen molar-refractivity contribution >= 4 is 17.6 Å². The number of halogens is 2. The molecule has 0 aromatic heterocycles. The van der Waals surface area contributed by atoms with Gasteiger partial charge in [-0.15, -0.1) is 0 Å². The number of benzene rings is 4. The van der Waals surface area contributed by atoms with Gasteiger partial charge in [0.25, 0.3) is 0 Å². The standard InChI is InChI=1S/C31H25F2NO4/c32-24-10-6-22(7-11-24)28(35)18-19-29-30(34(31(36)38-29)26-14-12-25(33)13-15-26)23-8-16-27(17-9-23)37-20-21-4-2-1-3-5-21/h1-17,29-30H,18-20H2/t29-,30-/m1/s1. The first kappa shape index (κ1) is 25.1. The van der Waals surface area contributed by atoms with Crippen molar-refractivity contribution in [3.05, 3.63) is 131 Å². The van der Waals surface area contributed by atoms with Crippen LogP contribution in [-0.4, -0.2) is 18.0 Å². The molecule has 0 radical (unpaired) electrons. The van der Waals surface area contributed by atoms with Crippen LogP contribution in [0.5, 0.6) is 5.75 Å². The largest absolute Gasteiger partial charge is 0.489 e. The minimum atomic E-state index is -0.631. The second-order valence-electron chi connectivity index (χ2n) is 9.03. The zero-order valence-corrected chi connectivity index (χ0v) is 20.4. The number of hydrogen-bond donors (Lipinski definition) is 0. The van der Waals surface area contributed by atoms with E-state index in [0.717, 1.165) is 11.1 Å². The van der Waals surface area contributed by atoms with Crippen molar-refractivity contribution in [2.45, 2.75) is 31.6 Å². The molecule has 1 saturated heterocycles. The Kier molecular flexibility index (Phi) is 7.45. The minimum absolute atomic E-state index is 0.107. The normalized spacial score (nSPS) is 16.8. The SMILES string of the molecule is O=C(CC[C@H]1OC(=O)N(c2ccc(F)cc2)[C@@H]1c1ccc(OCc2ccccc2)cc1)c1ccc(F)cc1. The Morgan fingerprint density at radius 3 is 2.11 bits per heavy atom. The summed E-state index contributed by atoms with van der Waals surface area (Å²) in [6, 6.07) is 27.6. The monoisotopic (exact) mass is 513 g/mol. The van der Waals surface area contributed by atoms with Crippen LogP contribution in [0.15, 0.2) is 103 Å². The molecule has 192 valence electrons. The number of ether oxygens (including phenoxy) is 2. The van der Waals surface area contributed by atoms with Crippen LogP contribution in [0.25, 0.3) is 0 Å². The molecule has 2 atom stereocenters. The van der Waals surface area contributed by atoms with Crippen molar-refractivity contribution in [1.29, 1.82) is 0 Å². The molecular weight excluding hydrogens is 488 g/mol. The molecule has 0 spiro atoms. The van der Waals surface area contributed by atoms with E-state index >= 15 is 0 Å². The van der Waals surface area contributed by atoms with Crippen LogP contribution in [0, 0.1) is 11.6 Å². The van der Waals surface area contributed by atoms with Crippen LogP contribution >= 0.6 is 0 Å². The van der Waals surface area contributed by atoms with Gasteiger partial charge in [-0.05, 0) is 78.2 Å². The Hall–Kier alpha value is -4.52. The molecule has 0 N–H and O–H groups in total. The van der Waals surface area contributed by atoms with Crippen molar-refractivity contribution in [1.82, 2.24) is 0 Å². The summed E-state index contributed by atoms with van der Waals surface area (Å²) in [5.74, 6) is -0.347. The van der Waals surface area contributed by atoms with E-state index in [2.05, 4.69) is 0 Å². The van der Waals surface area contributed by atoms with Gasteiger partial charge in [-0.1, -0.05) is 42.5 Å². The molecular formula is C31H25F2NO4. The quantitative estimate of drug-likeness (QED) is 0.221. The number of cyclic esters (lactones) is 1. The molecule has 0 saturated carbocycles. The lowest BCUT2D eigenvalue weighted by molar-refractivity contribution is 0.0922. The molecule has 38 heavy (non-hydrogen) atoms. The van der Waals surface area contributed by atoms with E-state index in [9.17, 15) is 18.4 Å². The number of carbonyl (C=O) groups excluding carboxylic acids is 2. The molecule has 4 aromatic carbocycles. The topological polar surface area (TPSA) is 55.8 Å². The average Bonchev–Trinajstić information content (AvgIpc) is 3.28. The Bertz CT molecular complexity index is 1390. The molecule has 1 heterocycles. The first-order valence-corrected chi connectivity index (χ1v) is 12.3. The smallest absolute Gasteiger partial charge is 0.415 e. The van der Waals surface area contributed by atoms with Gasteiger partial charge in [0.05, 0.1) is 0 Å². The number of carbonyl (C=O) groups is 2. The highest BCUT2D eigenvalue weighted by molar-refractivity contribution is 5.96. The van der Waals surface area contributed by atoms with Gasteiger partial charge in [0.2, 0.25) is 0 Å². The summed E-state index contributed by atoms with van der Waals surface area (Å²) in [7, 11) is 0. The Labute approximate surface area is 219 Å². The fourth-order valence-corrected chi connectivity index (χ4v) is 4.53. The fourth-order valence-electron chi connectivity index (χ4n) is 4.53. The Morgan fingerprint density at radius 1 is 0.816 bits per heavy atom. The third-order valence-corrected chi connectivity index (χ3v) is 6.48. The second-order valence-corrected chi connectivity index (χ2v) is 9.03. The van der Waals surface area contributed by atoms with Crippen LogP contribution < -0.4 is 9.64 Å². The van der Waals surface area contributed by atoms with Crippen LogP contribution in [0.4, 0.5) is 19.3 Å². The van der Waals surface area contributed by atoms with Crippen molar-refractivity contribution in [3.63, 3.8) is 0 Å². The first-order chi connectivity index (χ1) is 18.5. The Balaban J connectivity index is 1.36. The second kappa shape index (κ2) is 11.3. The number of amides is 1. The van der Waals surface area contributed by atoms with E-state index in [-0.39, 0.29) is 18.6 Å². The highest BCUT2D eigenvalue weighted by Crippen LogP contribution is 2.40. The molecule has 0 bridgehead atoms. The molecule has 1 fully saturated rings. The fraction of sp³-hybridized carbons (Fsp3) is 0.161. The molecule has 1 amide bonds. The van der Waals surface area contributed by atoms with Crippen molar-refractivity contribution in [3.8, 4) is 5.75 Å². The van der Waals surface area contributed by atoms with Gasteiger partial charge in [-0.2, -0.15) is 0 Å². The zero-order chi connectivity index (χ0) is 26.5. The maximum Gasteiger partial charge on any atom is 0.415 e. The highest BCUT2D eigenvalue weighted by atomic mass is 19.1. The number of ketones is 1. The van der Waals surface area contributed by atoms with Gasteiger partial charge in [0.15, 0.2) is 5.78 Å². The Morgan fingerprint density at radius 2 is 1.45 bits per heavy atom. The van der Waals surface area contributed by atoms with E-state index < -0.39 is 29.9 Å². The summed E-state index contributed by atoms with van der Waals surface area (Å²) >= 11 is 0. The molecule has 5 nitrogen and oxygen atoms in total. The number of anilines is 1. The first-order valence-electron chi connectivity index (χ1n) is 12.3. The van der Waals surface area contributed by atoms with E-state index in [4.69, 9.17) is 9.47 Å². The molecule has 0 unspecified atom stereocenters.